The minimum Gasteiger partial charge on any atom is -0.378 e. The third-order valence-corrected chi connectivity index (χ3v) is 30.7. The lowest BCUT2D eigenvalue weighted by molar-refractivity contribution is 0.0425. The van der Waals surface area contributed by atoms with Crippen molar-refractivity contribution in [1.82, 2.24) is 9.80 Å². The van der Waals surface area contributed by atoms with Gasteiger partial charge < -0.3 is 30.4 Å². The SMILES string of the molecule is NCCOCCOCCN1CC23C4=c5c6c7c8c9c%10c%11c%12c%13c9c9c%14c%15c%16c%17c%18c%19c%20c%21c%22c%23c%24c(c-%11c(c2c%24c2c%11c%24c%25c(c5c5c6c(c8%14)c%15c6c%17c(c%25c56)c5c%18c%21c(c%232)c%245)C%113C1)C4C%107)C%12C%22C%201CN(CCOCCOCCN)CC%131C9C%19%16. The molecule has 17 aromatic carbocycles. The van der Waals surface area contributed by atoms with Crippen LogP contribution in [-0.2, 0) is 40.6 Å². The Balaban J connectivity index is 0.868. The van der Waals surface area contributed by atoms with E-state index in [2.05, 4.69) is 9.80 Å². The molecule has 8 nitrogen and oxygen atoms in total. The summed E-state index contributed by atoms with van der Waals surface area (Å²) >= 11 is 0. The highest BCUT2D eigenvalue weighted by Crippen LogP contribution is 2.93. The van der Waals surface area contributed by atoms with E-state index in [9.17, 15) is 0 Å². The van der Waals surface area contributed by atoms with E-state index in [1.54, 1.807) is 172 Å². The first kappa shape index (κ1) is 37.6. The van der Waals surface area contributed by atoms with Gasteiger partial charge in [-0.1, -0.05) is 0 Å². The fraction of sp³-hybridized carbons (Fsp3) is 0.342. The van der Waals surface area contributed by atoms with Crippen molar-refractivity contribution in [3.8, 4) is 11.1 Å². The van der Waals surface area contributed by atoms with E-state index in [4.69, 9.17) is 30.4 Å². The molecule has 390 valence electrons. The molecule has 17 aliphatic rings. The summed E-state index contributed by atoms with van der Waals surface area (Å²) in [5, 5.41) is 57.5. The van der Waals surface area contributed by atoms with Crippen LogP contribution in [0.4, 0.5) is 0 Å². The number of hydrogen-bond donors (Lipinski definition) is 2. The molecule has 0 amide bonds. The number of likely N-dealkylation sites (tertiary alicyclic amines) is 2. The maximum atomic E-state index is 6.64. The van der Waals surface area contributed by atoms with Gasteiger partial charge in [0, 0.05) is 104 Å². The zero-order valence-electron chi connectivity index (χ0n) is 45.5. The Morgan fingerprint density at radius 1 is 0.298 bits per heavy atom. The van der Waals surface area contributed by atoms with E-state index in [-0.39, 0.29) is 21.7 Å². The van der Waals surface area contributed by atoms with Gasteiger partial charge >= 0.3 is 0 Å². The van der Waals surface area contributed by atoms with Gasteiger partial charge in [0.05, 0.1) is 58.3 Å². The summed E-state index contributed by atoms with van der Waals surface area (Å²) in [7, 11) is 0. The highest BCUT2D eigenvalue weighted by molar-refractivity contribution is 6.69. The van der Waals surface area contributed by atoms with Crippen molar-refractivity contribution in [3.63, 3.8) is 0 Å². The van der Waals surface area contributed by atoms with E-state index in [0.29, 0.717) is 88.2 Å². The van der Waals surface area contributed by atoms with Gasteiger partial charge in [-0.3, -0.25) is 9.80 Å². The summed E-state index contributed by atoms with van der Waals surface area (Å²) in [6.45, 7) is 12.6. The lowest BCUT2D eigenvalue weighted by Crippen LogP contribution is -2.60. The van der Waals surface area contributed by atoms with E-state index >= 15 is 0 Å². The van der Waals surface area contributed by atoms with Crippen molar-refractivity contribution in [1.29, 1.82) is 0 Å². The Morgan fingerprint density at radius 3 is 1.33 bits per heavy atom. The second-order valence-corrected chi connectivity index (χ2v) is 31.2. The lowest BCUT2D eigenvalue weighted by Gasteiger charge is -2.60. The summed E-state index contributed by atoms with van der Waals surface area (Å²) in [5.74, 6) is 2.36. The molecule has 0 aromatic heterocycles. The van der Waals surface area contributed by atoms with E-state index in [0.717, 1.165) is 52.5 Å². The van der Waals surface area contributed by atoms with Gasteiger partial charge in [-0.15, -0.1) is 0 Å². The molecule has 0 saturated carbocycles. The van der Waals surface area contributed by atoms with Crippen LogP contribution in [0.1, 0.15) is 113 Å². The van der Waals surface area contributed by atoms with Gasteiger partial charge in [0.25, 0.3) is 0 Å². The molecule has 17 aromatic rings. The molecular formula is C76H42N4O4. The first-order valence-electron chi connectivity index (χ1n) is 32.7. The van der Waals surface area contributed by atoms with Gasteiger partial charge in [-0.2, -0.15) is 0 Å². The van der Waals surface area contributed by atoms with Gasteiger partial charge in [-0.25, -0.2) is 0 Å². The van der Waals surface area contributed by atoms with Crippen LogP contribution in [0.2, 0.25) is 0 Å². The molecule has 4 spiro atoms. The van der Waals surface area contributed by atoms with E-state index in [1.165, 1.54) is 0 Å². The first-order chi connectivity index (χ1) is 41.8. The number of rotatable bonds is 16. The van der Waals surface area contributed by atoms with Crippen molar-refractivity contribution in [3.05, 3.63) is 83.1 Å². The minimum absolute atomic E-state index is 0.0504. The van der Waals surface area contributed by atoms with Crippen molar-refractivity contribution < 1.29 is 18.9 Å². The molecule has 2 aliphatic heterocycles. The Morgan fingerprint density at radius 2 is 0.690 bits per heavy atom. The topological polar surface area (TPSA) is 95.4 Å². The molecule has 4 N–H and O–H groups in total. The second-order valence-electron chi connectivity index (χ2n) is 31.2. The predicted molar refractivity (Wildman–Crippen MR) is 330 cm³/mol. The zero-order valence-corrected chi connectivity index (χ0v) is 45.5. The number of nitrogens with zero attached hydrogens (tertiary/aromatic N) is 2. The van der Waals surface area contributed by atoms with Crippen LogP contribution in [0.15, 0.2) is 0 Å². The molecule has 15 aliphatic carbocycles. The van der Waals surface area contributed by atoms with Gasteiger partial charge in [0.2, 0.25) is 0 Å². The average Bonchev–Trinajstić information content (AvgIpc) is 1.39. The van der Waals surface area contributed by atoms with Crippen molar-refractivity contribution >= 4 is 178 Å². The van der Waals surface area contributed by atoms with E-state index < -0.39 is 0 Å². The van der Waals surface area contributed by atoms with Crippen molar-refractivity contribution in [2.24, 2.45) is 11.5 Å². The first-order valence-corrected chi connectivity index (χ1v) is 32.7. The Hall–Kier alpha value is -6.82. The number of nitrogens with two attached hydrogens (primary N) is 2. The molecule has 0 bridgehead atoms. The quantitative estimate of drug-likeness (QED) is 0.0730. The maximum Gasteiger partial charge on any atom is 0.0701 e. The summed E-state index contributed by atoms with van der Waals surface area (Å²) in [6.07, 6.45) is 0. The molecule has 34 rings (SSSR count). The molecule has 2 fully saturated rings. The van der Waals surface area contributed by atoms with Crippen LogP contribution in [0.25, 0.3) is 189 Å². The third-order valence-electron chi connectivity index (χ3n) is 30.7. The second kappa shape index (κ2) is 9.65. The Labute approximate surface area is 472 Å². The highest BCUT2D eigenvalue weighted by atomic mass is 16.5. The fourth-order valence-electron chi connectivity index (χ4n) is 30.9. The Bertz CT molecular complexity index is 6790. The fourth-order valence-corrected chi connectivity index (χ4v) is 30.9. The van der Waals surface area contributed by atoms with Crippen LogP contribution in [0.3, 0.4) is 0 Å². The molecule has 2 heterocycles. The number of hydrogen-bond acceptors (Lipinski definition) is 8. The average molecular weight is 1080 g/mol. The van der Waals surface area contributed by atoms with Crippen LogP contribution < -0.4 is 16.7 Å². The smallest absolute Gasteiger partial charge is 0.0701 e. The highest BCUT2D eigenvalue weighted by Gasteiger charge is 2.84. The largest absolute Gasteiger partial charge is 0.378 e. The predicted octanol–water partition coefficient (Wildman–Crippen LogP) is 11.0. The molecule has 0 radical (unpaired) electrons. The normalized spacial score (nSPS) is 32.6. The summed E-state index contributed by atoms with van der Waals surface area (Å²) in [5.41, 5.74) is 42.8. The minimum atomic E-state index is -0.190. The standard InChI is InChI=1S/C76H42N4O4/c77-1-5-81-9-11-83-7-3-79-13-73-65-49-33-21-19-17-18-20-22-24-29-39-27(20)37(25(17)33)53(65)55(39)67-57-41(29)32-36(24)52-50-34(22)26(18)38-28(19)40-30-23(21)35-31-42(30)58-62-46-43(31)59(69(73)51(35)49)63-47(46)48-45(61(57)71(63)75(67,73)15-79)44(32)60-64(48)72(62)76-16-80(4-8-84-12-10-82-6-2-78)14-74(76,70(52)60)66(50)54(38)56(40)68(58)76/h41,54,57,64,66,72H,1-16,77-78H2. The Kier molecular flexibility index (Phi) is 4.32. The van der Waals surface area contributed by atoms with Gasteiger partial charge in [0.1, 0.15) is 0 Å². The van der Waals surface area contributed by atoms with Gasteiger partial charge in [0.15, 0.2) is 0 Å². The lowest BCUT2D eigenvalue weighted by atomic mass is 9.40. The van der Waals surface area contributed by atoms with Crippen molar-refractivity contribution in [2.45, 2.75) is 57.2 Å². The van der Waals surface area contributed by atoms with Crippen LogP contribution >= 0.6 is 0 Å². The van der Waals surface area contributed by atoms with Crippen molar-refractivity contribution in [2.75, 3.05) is 105 Å². The molecular weight excluding hydrogens is 1030 g/mol. The molecule has 2 saturated heterocycles. The van der Waals surface area contributed by atoms with Crippen LogP contribution in [0.5, 0.6) is 0 Å². The monoisotopic (exact) mass is 1070 g/mol. The molecule has 10 atom stereocenters. The summed E-state index contributed by atoms with van der Waals surface area (Å²) in [4.78, 5) is 6.04. The zero-order chi connectivity index (χ0) is 51.6. The molecule has 8 heteroatoms. The van der Waals surface area contributed by atoms with Crippen LogP contribution in [-0.4, -0.2) is 115 Å². The maximum absolute atomic E-state index is 6.64. The van der Waals surface area contributed by atoms with E-state index in [1.807, 2.05) is 100.0 Å². The van der Waals surface area contributed by atoms with Crippen LogP contribution in [0, 0.1) is 0 Å². The van der Waals surface area contributed by atoms with Gasteiger partial charge in [-0.05, 0) is 272 Å². The number of ether oxygens (including phenoxy) is 4. The molecule has 84 heavy (non-hydrogen) atoms. The summed E-state index contributed by atoms with van der Waals surface area (Å²) in [6, 6.07) is 0. The number of benzene rings is 12. The molecule has 10 unspecified atom stereocenters. The third kappa shape index (κ3) is 2.38. The summed E-state index contributed by atoms with van der Waals surface area (Å²) < 4.78 is 25.1.